The lowest BCUT2D eigenvalue weighted by molar-refractivity contribution is 0.460. The second-order valence-corrected chi connectivity index (χ2v) is 5.76. The van der Waals surface area contributed by atoms with Gasteiger partial charge in [-0.1, -0.05) is 11.2 Å². The van der Waals surface area contributed by atoms with Gasteiger partial charge in [-0.25, -0.2) is 0 Å². The standard InChI is InChI=1S/C13H18N4OS/c1-2-17(9-11-4-3-7-19-11)13-16-15-12(18-13)8-14-10-5-6-10/h3-4,7,10,14H,2,5-6,8-9H2,1H3. The SMILES string of the molecule is CCN(Cc1cccs1)c1nnc(CNC2CC2)o1. The van der Waals surface area contributed by atoms with Crippen LogP contribution in [0.4, 0.5) is 6.01 Å². The maximum Gasteiger partial charge on any atom is 0.318 e. The average Bonchev–Trinajstić information content (AvgIpc) is 2.92. The first-order valence-electron chi connectivity index (χ1n) is 6.68. The molecule has 0 amide bonds. The normalized spacial score (nSPS) is 14.8. The zero-order valence-electron chi connectivity index (χ0n) is 11.0. The third-order valence-corrected chi connectivity index (χ3v) is 4.02. The minimum absolute atomic E-state index is 0.614. The first-order chi connectivity index (χ1) is 9.35. The van der Waals surface area contributed by atoms with Crippen LogP contribution in [0, 0.1) is 0 Å². The van der Waals surface area contributed by atoms with Gasteiger partial charge in [-0.2, -0.15) is 0 Å². The Labute approximate surface area is 116 Å². The fourth-order valence-corrected chi connectivity index (χ4v) is 2.59. The van der Waals surface area contributed by atoms with E-state index in [0.717, 1.165) is 13.1 Å². The Bertz CT molecular complexity index is 506. The summed E-state index contributed by atoms with van der Waals surface area (Å²) >= 11 is 1.75. The monoisotopic (exact) mass is 278 g/mol. The molecule has 5 nitrogen and oxygen atoms in total. The molecule has 0 bridgehead atoms. The second-order valence-electron chi connectivity index (χ2n) is 4.73. The van der Waals surface area contributed by atoms with Crippen molar-refractivity contribution in [2.24, 2.45) is 0 Å². The Kier molecular flexibility index (Phi) is 3.79. The van der Waals surface area contributed by atoms with E-state index in [2.05, 4.69) is 44.9 Å². The predicted octanol–water partition coefficient (Wildman–Crippen LogP) is 2.41. The van der Waals surface area contributed by atoms with Gasteiger partial charge in [0.05, 0.1) is 13.1 Å². The maximum atomic E-state index is 5.71. The quantitative estimate of drug-likeness (QED) is 0.843. The van der Waals surface area contributed by atoms with Gasteiger partial charge in [0.25, 0.3) is 0 Å². The van der Waals surface area contributed by atoms with Crippen LogP contribution in [-0.2, 0) is 13.1 Å². The summed E-state index contributed by atoms with van der Waals surface area (Å²) in [5.41, 5.74) is 0. The molecule has 1 saturated carbocycles. The first-order valence-corrected chi connectivity index (χ1v) is 7.56. The lowest BCUT2D eigenvalue weighted by Gasteiger charge is -2.16. The molecule has 1 N–H and O–H groups in total. The average molecular weight is 278 g/mol. The summed E-state index contributed by atoms with van der Waals surface area (Å²) in [6, 6.07) is 5.46. The zero-order valence-corrected chi connectivity index (χ0v) is 11.8. The van der Waals surface area contributed by atoms with Gasteiger partial charge in [-0.15, -0.1) is 16.4 Å². The van der Waals surface area contributed by atoms with Gasteiger partial charge in [-0.3, -0.25) is 0 Å². The van der Waals surface area contributed by atoms with Crippen molar-refractivity contribution >= 4 is 17.4 Å². The molecular formula is C13H18N4OS. The molecule has 0 aliphatic heterocycles. The molecule has 19 heavy (non-hydrogen) atoms. The molecule has 0 saturated heterocycles. The smallest absolute Gasteiger partial charge is 0.318 e. The van der Waals surface area contributed by atoms with Crippen molar-refractivity contribution in [1.29, 1.82) is 0 Å². The van der Waals surface area contributed by atoms with E-state index in [1.807, 2.05) is 0 Å². The van der Waals surface area contributed by atoms with Crippen molar-refractivity contribution in [2.45, 2.75) is 38.9 Å². The topological polar surface area (TPSA) is 54.2 Å². The summed E-state index contributed by atoms with van der Waals surface area (Å²) in [4.78, 5) is 3.40. The molecule has 3 rings (SSSR count). The summed E-state index contributed by atoms with van der Waals surface area (Å²) in [7, 11) is 0. The minimum Gasteiger partial charge on any atom is -0.407 e. The zero-order chi connectivity index (χ0) is 13.1. The highest BCUT2D eigenvalue weighted by molar-refractivity contribution is 7.09. The number of rotatable bonds is 7. The molecule has 6 heteroatoms. The summed E-state index contributed by atoms with van der Waals surface area (Å²) in [6.45, 7) is 4.45. The maximum absolute atomic E-state index is 5.71. The van der Waals surface area contributed by atoms with Crippen molar-refractivity contribution < 1.29 is 4.42 Å². The molecular weight excluding hydrogens is 260 g/mol. The van der Waals surface area contributed by atoms with Gasteiger partial charge >= 0.3 is 6.01 Å². The molecule has 0 unspecified atom stereocenters. The summed E-state index contributed by atoms with van der Waals surface area (Å²) in [6.07, 6.45) is 2.53. The van der Waals surface area contributed by atoms with E-state index in [4.69, 9.17) is 4.42 Å². The molecule has 0 spiro atoms. The van der Waals surface area contributed by atoms with Gasteiger partial charge in [0.15, 0.2) is 0 Å². The van der Waals surface area contributed by atoms with E-state index in [-0.39, 0.29) is 0 Å². The third-order valence-electron chi connectivity index (χ3n) is 3.15. The van der Waals surface area contributed by atoms with E-state index < -0.39 is 0 Å². The second kappa shape index (κ2) is 5.71. The number of nitrogens with one attached hydrogen (secondary N) is 1. The third kappa shape index (κ3) is 3.33. The van der Waals surface area contributed by atoms with Crippen molar-refractivity contribution in [3.63, 3.8) is 0 Å². The summed E-state index contributed by atoms with van der Waals surface area (Å²) in [5, 5.41) is 13.7. The molecule has 2 heterocycles. The van der Waals surface area contributed by atoms with E-state index in [0.29, 0.717) is 24.5 Å². The molecule has 1 aliphatic carbocycles. The lowest BCUT2D eigenvalue weighted by Crippen LogP contribution is -2.21. The molecule has 0 atom stereocenters. The van der Waals surface area contributed by atoms with Gasteiger partial charge in [0, 0.05) is 17.5 Å². The van der Waals surface area contributed by atoms with E-state index in [1.54, 1.807) is 11.3 Å². The Morgan fingerprint density at radius 1 is 1.47 bits per heavy atom. The number of hydrogen-bond acceptors (Lipinski definition) is 6. The number of hydrogen-bond donors (Lipinski definition) is 1. The van der Waals surface area contributed by atoms with Crippen LogP contribution >= 0.6 is 11.3 Å². The Morgan fingerprint density at radius 2 is 2.37 bits per heavy atom. The first kappa shape index (κ1) is 12.6. The van der Waals surface area contributed by atoms with Crippen molar-refractivity contribution in [1.82, 2.24) is 15.5 Å². The highest BCUT2D eigenvalue weighted by Gasteiger charge is 2.21. The van der Waals surface area contributed by atoms with E-state index in [1.165, 1.54) is 17.7 Å². The predicted molar refractivity (Wildman–Crippen MR) is 75.2 cm³/mol. The van der Waals surface area contributed by atoms with Crippen LogP contribution in [0.25, 0.3) is 0 Å². The van der Waals surface area contributed by atoms with Crippen molar-refractivity contribution in [2.75, 3.05) is 11.4 Å². The van der Waals surface area contributed by atoms with Gasteiger partial charge < -0.3 is 14.6 Å². The molecule has 0 radical (unpaired) electrons. The highest BCUT2D eigenvalue weighted by atomic mass is 32.1. The fourth-order valence-electron chi connectivity index (χ4n) is 1.87. The van der Waals surface area contributed by atoms with Crippen LogP contribution in [0.1, 0.15) is 30.5 Å². The molecule has 1 fully saturated rings. The van der Waals surface area contributed by atoms with Crippen LogP contribution in [0.15, 0.2) is 21.9 Å². The number of nitrogens with zero attached hydrogens (tertiary/aromatic N) is 3. The van der Waals surface area contributed by atoms with E-state index in [9.17, 15) is 0 Å². The summed E-state index contributed by atoms with van der Waals surface area (Å²) in [5.74, 6) is 0.673. The Balaban J connectivity index is 1.61. The van der Waals surface area contributed by atoms with Crippen LogP contribution in [0.3, 0.4) is 0 Å². The van der Waals surface area contributed by atoms with Crippen LogP contribution in [-0.4, -0.2) is 22.8 Å². The van der Waals surface area contributed by atoms with E-state index >= 15 is 0 Å². The number of aromatic nitrogens is 2. The van der Waals surface area contributed by atoms with Crippen molar-refractivity contribution in [3.8, 4) is 0 Å². The van der Waals surface area contributed by atoms with Crippen LogP contribution in [0.2, 0.25) is 0 Å². The largest absolute Gasteiger partial charge is 0.407 e. The number of thiophene rings is 1. The Hall–Kier alpha value is -1.40. The molecule has 1 aliphatic rings. The summed E-state index contributed by atoms with van der Waals surface area (Å²) < 4.78 is 5.71. The lowest BCUT2D eigenvalue weighted by atomic mass is 10.4. The van der Waals surface area contributed by atoms with Crippen LogP contribution in [0.5, 0.6) is 0 Å². The Morgan fingerprint density at radius 3 is 3.05 bits per heavy atom. The molecule has 2 aromatic heterocycles. The fraction of sp³-hybridized carbons (Fsp3) is 0.538. The van der Waals surface area contributed by atoms with Gasteiger partial charge in [0.1, 0.15) is 0 Å². The molecule has 2 aromatic rings. The van der Waals surface area contributed by atoms with Crippen LogP contribution < -0.4 is 10.2 Å². The highest BCUT2D eigenvalue weighted by Crippen LogP contribution is 2.21. The van der Waals surface area contributed by atoms with Gasteiger partial charge in [-0.05, 0) is 31.2 Å². The number of anilines is 1. The van der Waals surface area contributed by atoms with Gasteiger partial charge in [0.2, 0.25) is 5.89 Å². The van der Waals surface area contributed by atoms with Crippen molar-refractivity contribution in [3.05, 3.63) is 28.3 Å². The minimum atomic E-state index is 0.614. The molecule has 0 aromatic carbocycles. The molecule has 102 valence electrons.